The monoisotopic (exact) mass is 644 g/mol. The SMILES string of the molecule is COc1cc(C(=O)NC2CC3(CCN(C)CC3)C2)c(Cl)cc1Nc1ncc(C(F)(F)F)c(Oc2cccc3c2C(=O)N(C)C3)n1. The summed E-state index contributed by atoms with van der Waals surface area (Å²) in [7, 11) is 5.09. The first-order chi connectivity index (χ1) is 21.4. The van der Waals surface area contributed by atoms with Crippen LogP contribution in [0.2, 0.25) is 5.02 Å². The lowest BCUT2D eigenvalue weighted by Gasteiger charge is -2.52. The van der Waals surface area contributed by atoms with Gasteiger partial charge in [0.15, 0.2) is 0 Å². The number of amides is 2. The molecule has 3 heterocycles. The number of nitrogens with zero attached hydrogens (tertiary/aromatic N) is 4. The van der Waals surface area contributed by atoms with Gasteiger partial charge in [0.05, 0.1) is 28.9 Å². The lowest BCUT2D eigenvalue weighted by molar-refractivity contribution is -0.139. The summed E-state index contributed by atoms with van der Waals surface area (Å²) in [5, 5.41) is 5.99. The Morgan fingerprint density at radius 2 is 1.87 bits per heavy atom. The number of rotatable bonds is 7. The van der Waals surface area contributed by atoms with Crippen LogP contribution in [0.15, 0.2) is 36.5 Å². The number of piperidine rings is 1. The lowest BCUT2D eigenvalue weighted by atomic mass is 9.60. The van der Waals surface area contributed by atoms with Crippen LogP contribution in [0.1, 0.15) is 57.5 Å². The second-order valence-corrected chi connectivity index (χ2v) is 12.4. The molecular formula is C31H32ClF3N6O4. The molecule has 0 unspecified atom stereocenters. The Labute approximate surface area is 262 Å². The highest BCUT2D eigenvalue weighted by Crippen LogP contribution is 2.49. The van der Waals surface area contributed by atoms with Gasteiger partial charge in [0.1, 0.15) is 17.1 Å². The molecular weight excluding hydrogens is 613 g/mol. The summed E-state index contributed by atoms with van der Waals surface area (Å²) < 4.78 is 52.9. The summed E-state index contributed by atoms with van der Waals surface area (Å²) in [5.41, 5.74) is 0.287. The number of benzene rings is 2. The molecule has 1 saturated heterocycles. The summed E-state index contributed by atoms with van der Waals surface area (Å²) in [6, 6.07) is 7.65. The predicted octanol–water partition coefficient (Wildman–Crippen LogP) is 5.88. The van der Waals surface area contributed by atoms with E-state index in [-0.39, 0.29) is 62.6 Å². The molecule has 10 nitrogen and oxygen atoms in total. The molecule has 0 radical (unpaired) electrons. The number of hydrogen-bond acceptors (Lipinski definition) is 8. The number of aromatic nitrogens is 2. The zero-order chi connectivity index (χ0) is 32.1. The van der Waals surface area contributed by atoms with Gasteiger partial charge in [-0.1, -0.05) is 23.7 Å². The highest BCUT2D eigenvalue weighted by Gasteiger charge is 2.46. The largest absolute Gasteiger partial charge is 0.495 e. The summed E-state index contributed by atoms with van der Waals surface area (Å²) >= 11 is 6.51. The molecule has 1 spiro atoms. The van der Waals surface area contributed by atoms with E-state index >= 15 is 0 Å². The zero-order valence-electron chi connectivity index (χ0n) is 24.9. The number of halogens is 4. The summed E-state index contributed by atoms with van der Waals surface area (Å²) in [6.45, 7) is 2.42. The highest BCUT2D eigenvalue weighted by molar-refractivity contribution is 6.34. The normalized spacial score (nSPS) is 18.0. The number of carbonyl (C=O) groups is 2. The van der Waals surface area contributed by atoms with Crippen molar-refractivity contribution in [2.45, 2.75) is 44.4 Å². The molecule has 2 aliphatic heterocycles. The Morgan fingerprint density at radius 3 is 2.56 bits per heavy atom. The van der Waals surface area contributed by atoms with E-state index in [1.807, 2.05) is 0 Å². The van der Waals surface area contributed by atoms with Gasteiger partial charge in [0.2, 0.25) is 11.8 Å². The van der Waals surface area contributed by atoms with Crippen LogP contribution in [0.5, 0.6) is 17.4 Å². The van der Waals surface area contributed by atoms with Gasteiger partial charge in [0, 0.05) is 25.8 Å². The van der Waals surface area contributed by atoms with Gasteiger partial charge in [-0.2, -0.15) is 18.2 Å². The molecule has 2 fully saturated rings. The molecule has 1 aromatic heterocycles. The number of ether oxygens (including phenoxy) is 2. The standard InChI is InChI=1S/C31H32ClF3N6O4/c1-40-9-7-30(8-10-40)13-18(14-30)37-26(42)19-11-24(44-3)22(12-21(19)32)38-29-36-15-20(31(33,34)35)27(39-29)45-23-6-4-5-17-16-41(2)28(43)25(17)23/h4-6,11-12,15,18H,7-10,13-14,16H2,1-3H3,(H,37,42)(H,36,38,39). The van der Waals surface area contributed by atoms with Gasteiger partial charge in [0.25, 0.3) is 11.8 Å². The van der Waals surface area contributed by atoms with Crippen molar-refractivity contribution in [3.8, 4) is 17.4 Å². The van der Waals surface area contributed by atoms with Crippen LogP contribution in [-0.2, 0) is 12.7 Å². The second kappa shape index (κ2) is 11.7. The van der Waals surface area contributed by atoms with Crippen LogP contribution in [0.25, 0.3) is 0 Å². The van der Waals surface area contributed by atoms with Crippen LogP contribution < -0.4 is 20.1 Å². The smallest absolute Gasteiger partial charge is 0.423 e. The average Bonchev–Trinajstić information content (AvgIpc) is 3.26. The van der Waals surface area contributed by atoms with Crippen molar-refractivity contribution in [1.82, 2.24) is 25.1 Å². The number of hydrogen-bond donors (Lipinski definition) is 2. The molecule has 1 aliphatic carbocycles. The molecule has 0 bridgehead atoms. The van der Waals surface area contributed by atoms with Gasteiger partial charge in [-0.05, 0) is 75.0 Å². The van der Waals surface area contributed by atoms with Gasteiger partial charge in [-0.3, -0.25) is 9.59 Å². The second-order valence-electron chi connectivity index (χ2n) is 12.0. The fourth-order valence-corrected chi connectivity index (χ4v) is 6.57. The van der Waals surface area contributed by atoms with Crippen LogP contribution in [0.3, 0.4) is 0 Å². The van der Waals surface area contributed by atoms with Crippen LogP contribution in [0, 0.1) is 5.41 Å². The van der Waals surface area contributed by atoms with Gasteiger partial charge < -0.3 is 29.9 Å². The van der Waals surface area contributed by atoms with E-state index in [1.165, 1.54) is 30.2 Å². The summed E-state index contributed by atoms with van der Waals surface area (Å²) in [6.07, 6.45) is -0.163. The van der Waals surface area contributed by atoms with Crippen molar-refractivity contribution < 1.29 is 32.2 Å². The molecule has 2 amide bonds. The lowest BCUT2D eigenvalue weighted by Crippen LogP contribution is -2.54. The van der Waals surface area contributed by atoms with Gasteiger partial charge in [-0.25, -0.2) is 4.98 Å². The molecule has 6 rings (SSSR count). The van der Waals surface area contributed by atoms with Crippen molar-refractivity contribution in [1.29, 1.82) is 0 Å². The Hall–Kier alpha value is -4.10. The number of anilines is 2. The topological polar surface area (TPSA) is 109 Å². The average molecular weight is 645 g/mol. The Kier molecular flexibility index (Phi) is 8.02. The molecule has 45 heavy (non-hydrogen) atoms. The van der Waals surface area contributed by atoms with Crippen molar-refractivity contribution in [2.24, 2.45) is 5.41 Å². The molecule has 238 valence electrons. The fraction of sp³-hybridized carbons (Fsp3) is 0.419. The third-order valence-corrected chi connectivity index (χ3v) is 9.18. The number of alkyl halides is 3. The molecule has 3 aromatic rings. The Morgan fingerprint density at radius 1 is 1.13 bits per heavy atom. The molecule has 3 aliphatic rings. The third kappa shape index (κ3) is 6.10. The van der Waals surface area contributed by atoms with Gasteiger partial charge >= 0.3 is 6.18 Å². The maximum Gasteiger partial charge on any atom is 0.423 e. The van der Waals surface area contributed by atoms with Crippen LogP contribution in [-0.4, -0.2) is 71.9 Å². The summed E-state index contributed by atoms with van der Waals surface area (Å²) in [4.78, 5) is 37.4. The van der Waals surface area contributed by atoms with E-state index in [9.17, 15) is 22.8 Å². The van der Waals surface area contributed by atoms with Gasteiger partial charge in [-0.15, -0.1) is 0 Å². The number of fused-ring (bicyclic) bond motifs is 1. The van der Waals surface area contributed by atoms with Crippen molar-refractivity contribution in [2.75, 3.05) is 39.6 Å². The van der Waals surface area contributed by atoms with Crippen molar-refractivity contribution in [3.05, 3.63) is 63.8 Å². The maximum atomic E-state index is 13.9. The Bertz CT molecular complexity index is 1650. The molecule has 1 saturated carbocycles. The number of methoxy groups -OCH3 is 1. The first kappa shape index (κ1) is 30.9. The maximum absolute atomic E-state index is 13.9. The summed E-state index contributed by atoms with van der Waals surface area (Å²) in [5.74, 6) is -1.61. The first-order valence-corrected chi connectivity index (χ1v) is 14.9. The fourth-order valence-electron chi connectivity index (χ4n) is 6.32. The minimum atomic E-state index is -4.84. The van der Waals surface area contributed by atoms with E-state index in [1.54, 1.807) is 19.2 Å². The molecule has 0 atom stereocenters. The molecule has 2 aromatic carbocycles. The van der Waals surface area contributed by atoms with E-state index in [2.05, 4.69) is 32.5 Å². The van der Waals surface area contributed by atoms with Crippen molar-refractivity contribution >= 4 is 35.1 Å². The van der Waals surface area contributed by atoms with E-state index in [4.69, 9.17) is 21.1 Å². The quantitative estimate of drug-likeness (QED) is 0.328. The number of nitrogens with one attached hydrogen (secondary N) is 2. The van der Waals surface area contributed by atoms with Crippen LogP contribution >= 0.6 is 11.6 Å². The molecule has 2 N–H and O–H groups in total. The predicted molar refractivity (Wildman–Crippen MR) is 160 cm³/mol. The third-order valence-electron chi connectivity index (χ3n) is 8.87. The Balaban J connectivity index is 1.22. The van der Waals surface area contributed by atoms with E-state index in [0.717, 1.165) is 38.8 Å². The minimum absolute atomic E-state index is 0.0544. The molecule has 14 heteroatoms. The zero-order valence-corrected chi connectivity index (χ0v) is 25.7. The number of carbonyl (C=O) groups excluding carboxylic acids is 2. The van der Waals surface area contributed by atoms with Crippen LogP contribution in [0.4, 0.5) is 24.8 Å². The number of likely N-dealkylation sites (tertiary alicyclic amines) is 1. The van der Waals surface area contributed by atoms with E-state index in [0.29, 0.717) is 18.3 Å². The first-order valence-electron chi connectivity index (χ1n) is 14.5. The van der Waals surface area contributed by atoms with Crippen molar-refractivity contribution in [3.63, 3.8) is 0 Å². The van der Waals surface area contributed by atoms with E-state index < -0.39 is 17.6 Å². The highest BCUT2D eigenvalue weighted by atomic mass is 35.5. The minimum Gasteiger partial charge on any atom is -0.495 e.